The number of carbonyl (C=O) groups excluding carboxylic acids is 1. The van der Waals surface area contributed by atoms with E-state index in [0.717, 1.165) is 12.8 Å². The van der Waals surface area contributed by atoms with Crippen LogP contribution in [0.2, 0.25) is 0 Å². The number of carbonyl (C=O) groups is 1. The van der Waals surface area contributed by atoms with Crippen molar-refractivity contribution in [1.82, 2.24) is 10.6 Å². The smallest absolute Gasteiger partial charge is 0.258 e. The van der Waals surface area contributed by atoms with E-state index in [1.807, 2.05) is 31.2 Å². The molecule has 23 heavy (non-hydrogen) atoms. The molecule has 2 N–H and O–H groups in total. The zero-order valence-electron chi connectivity index (χ0n) is 13.4. The minimum absolute atomic E-state index is 0. The van der Waals surface area contributed by atoms with E-state index in [0.29, 0.717) is 30.2 Å². The van der Waals surface area contributed by atoms with Gasteiger partial charge in [0.2, 0.25) is 0 Å². The second-order valence-electron chi connectivity index (χ2n) is 6.04. The fourth-order valence-corrected chi connectivity index (χ4v) is 3.43. The molecular formula is C17H25ClN2O3. The van der Waals surface area contributed by atoms with Crippen molar-refractivity contribution >= 4 is 18.3 Å². The SMILES string of the molecule is CCOc1ccccc1OCC(=O)NC1CC2CCC(C1)N2.Cl. The summed E-state index contributed by atoms with van der Waals surface area (Å²) in [5.41, 5.74) is 0. The molecule has 2 bridgehead atoms. The van der Waals surface area contributed by atoms with Gasteiger partial charge >= 0.3 is 0 Å². The van der Waals surface area contributed by atoms with E-state index >= 15 is 0 Å². The first-order chi connectivity index (χ1) is 10.7. The Hall–Kier alpha value is -1.46. The Morgan fingerprint density at radius 2 is 1.78 bits per heavy atom. The molecule has 128 valence electrons. The van der Waals surface area contributed by atoms with E-state index in [9.17, 15) is 4.79 Å². The van der Waals surface area contributed by atoms with Gasteiger partial charge in [-0.15, -0.1) is 12.4 Å². The van der Waals surface area contributed by atoms with E-state index in [1.54, 1.807) is 0 Å². The maximum atomic E-state index is 12.1. The normalized spacial score (nSPS) is 25.3. The Morgan fingerprint density at radius 3 is 2.39 bits per heavy atom. The summed E-state index contributed by atoms with van der Waals surface area (Å²) < 4.78 is 11.1. The molecule has 5 nitrogen and oxygen atoms in total. The van der Waals surface area contributed by atoms with Crippen molar-refractivity contribution < 1.29 is 14.3 Å². The van der Waals surface area contributed by atoms with E-state index in [2.05, 4.69) is 10.6 Å². The molecule has 2 aliphatic heterocycles. The van der Waals surface area contributed by atoms with Crippen LogP contribution in [0.4, 0.5) is 0 Å². The third-order valence-corrected chi connectivity index (χ3v) is 4.35. The predicted octanol–water partition coefficient (Wildman–Crippen LogP) is 2.29. The molecule has 0 aromatic heterocycles. The van der Waals surface area contributed by atoms with Gasteiger partial charge in [-0.1, -0.05) is 12.1 Å². The molecule has 1 aromatic rings. The number of nitrogens with one attached hydrogen (secondary N) is 2. The average Bonchev–Trinajstić information content (AvgIpc) is 2.85. The number of ether oxygens (including phenoxy) is 2. The summed E-state index contributed by atoms with van der Waals surface area (Å²) in [7, 11) is 0. The molecule has 0 aliphatic carbocycles. The lowest BCUT2D eigenvalue weighted by atomic mass is 10.00. The summed E-state index contributed by atoms with van der Waals surface area (Å²) in [6.45, 7) is 2.53. The van der Waals surface area contributed by atoms with Gasteiger partial charge in [0.05, 0.1) is 6.61 Å². The van der Waals surface area contributed by atoms with Crippen LogP contribution in [0.3, 0.4) is 0 Å². The Kier molecular flexibility index (Phi) is 6.54. The summed E-state index contributed by atoms with van der Waals surface area (Å²) in [6, 6.07) is 8.86. The lowest BCUT2D eigenvalue weighted by Gasteiger charge is -2.29. The maximum Gasteiger partial charge on any atom is 0.258 e. The van der Waals surface area contributed by atoms with Gasteiger partial charge in [-0.05, 0) is 44.7 Å². The van der Waals surface area contributed by atoms with Gasteiger partial charge in [-0.2, -0.15) is 0 Å². The minimum atomic E-state index is -0.0578. The molecule has 2 saturated heterocycles. The number of rotatable bonds is 6. The van der Waals surface area contributed by atoms with Crippen molar-refractivity contribution in [2.24, 2.45) is 0 Å². The number of halogens is 1. The van der Waals surface area contributed by atoms with Crippen molar-refractivity contribution in [3.63, 3.8) is 0 Å². The van der Waals surface area contributed by atoms with Gasteiger partial charge in [-0.25, -0.2) is 0 Å². The Bertz CT molecular complexity index is 514. The van der Waals surface area contributed by atoms with Crippen LogP contribution in [0, 0.1) is 0 Å². The van der Waals surface area contributed by atoms with E-state index in [1.165, 1.54) is 12.8 Å². The molecule has 2 unspecified atom stereocenters. The van der Waals surface area contributed by atoms with Gasteiger partial charge in [-0.3, -0.25) is 4.79 Å². The highest BCUT2D eigenvalue weighted by Gasteiger charge is 2.33. The Labute approximate surface area is 143 Å². The molecule has 2 heterocycles. The largest absolute Gasteiger partial charge is 0.490 e. The highest BCUT2D eigenvalue weighted by atomic mass is 35.5. The first-order valence-electron chi connectivity index (χ1n) is 8.14. The third-order valence-electron chi connectivity index (χ3n) is 4.35. The summed E-state index contributed by atoms with van der Waals surface area (Å²) in [6.07, 6.45) is 4.51. The number of hydrogen-bond acceptors (Lipinski definition) is 4. The lowest BCUT2D eigenvalue weighted by molar-refractivity contribution is -0.124. The second-order valence-corrected chi connectivity index (χ2v) is 6.04. The molecular weight excluding hydrogens is 316 g/mol. The highest BCUT2D eigenvalue weighted by molar-refractivity contribution is 5.85. The molecule has 2 fully saturated rings. The van der Waals surface area contributed by atoms with Crippen LogP contribution >= 0.6 is 12.4 Å². The van der Waals surface area contributed by atoms with Crippen molar-refractivity contribution in [1.29, 1.82) is 0 Å². The molecule has 0 saturated carbocycles. The topological polar surface area (TPSA) is 59.6 Å². The van der Waals surface area contributed by atoms with Gasteiger partial charge in [0.15, 0.2) is 18.1 Å². The van der Waals surface area contributed by atoms with E-state index in [4.69, 9.17) is 9.47 Å². The fraction of sp³-hybridized carbons (Fsp3) is 0.588. The van der Waals surface area contributed by atoms with E-state index < -0.39 is 0 Å². The summed E-state index contributed by atoms with van der Waals surface area (Å²) >= 11 is 0. The Morgan fingerprint density at radius 1 is 1.17 bits per heavy atom. The summed E-state index contributed by atoms with van der Waals surface area (Å²) in [5, 5.41) is 6.67. The van der Waals surface area contributed by atoms with E-state index in [-0.39, 0.29) is 31.0 Å². The molecule has 2 aliphatic rings. The monoisotopic (exact) mass is 340 g/mol. The zero-order valence-corrected chi connectivity index (χ0v) is 14.2. The minimum Gasteiger partial charge on any atom is -0.490 e. The average molecular weight is 341 g/mol. The quantitative estimate of drug-likeness (QED) is 0.834. The molecule has 0 radical (unpaired) electrons. The summed E-state index contributed by atoms with van der Waals surface area (Å²) in [4.78, 5) is 12.1. The van der Waals surface area contributed by atoms with Gasteiger partial charge in [0.1, 0.15) is 0 Å². The van der Waals surface area contributed by atoms with Crippen LogP contribution in [0.15, 0.2) is 24.3 Å². The van der Waals surface area contributed by atoms with Crippen LogP contribution in [-0.2, 0) is 4.79 Å². The first kappa shape index (κ1) is 17.9. The number of benzene rings is 1. The van der Waals surface area contributed by atoms with Crippen molar-refractivity contribution in [2.45, 2.75) is 50.7 Å². The number of hydrogen-bond donors (Lipinski definition) is 2. The molecule has 6 heteroatoms. The second kappa shape index (κ2) is 8.41. The van der Waals surface area contributed by atoms with Crippen molar-refractivity contribution in [3.05, 3.63) is 24.3 Å². The van der Waals surface area contributed by atoms with Crippen molar-refractivity contribution in [3.8, 4) is 11.5 Å². The molecule has 3 rings (SSSR count). The molecule has 0 spiro atoms. The van der Waals surface area contributed by atoms with Crippen LogP contribution in [0.25, 0.3) is 0 Å². The lowest BCUT2D eigenvalue weighted by Crippen LogP contribution is -2.48. The molecule has 2 atom stereocenters. The fourth-order valence-electron chi connectivity index (χ4n) is 3.43. The first-order valence-corrected chi connectivity index (χ1v) is 8.14. The van der Waals surface area contributed by atoms with Crippen LogP contribution in [0.1, 0.15) is 32.6 Å². The van der Waals surface area contributed by atoms with Gasteiger partial charge in [0, 0.05) is 18.1 Å². The third kappa shape index (κ3) is 4.75. The van der Waals surface area contributed by atoms with Crippen molar-refractivity contribution in [2.75, 3.05) is 13.2 Å². The molecule has 1 aromatic carbocycles. The predicted molar refractivity (Wildman–Crippen MR) is 91.5 cm³/mol. The van der Waals surface area contributed by atoms with Gasteiger partial charge < -0.3 is 20.1 Å². The number of piperidine rings is 1. The standard InChI is InChI=1S/C17H24N2O3.ClH/c1-2-21-15-5-3-4-6-16(15)22-11-17(20)19-14-9-12-7-8-13(10-14)18-12;/h3-6,12-14,18H,2,7-11H2,1H3,(H,19,20);1H. The molecule has 1 amide bonds. The number of amides is 1. The summed E-state index contributed by atoms with van der Waals surface area (Å²) in [5.74, 6) is 1.24. The number of fused-ring (bicyclic) bond motifs is 2. The highest BCUT2D eigenvalue weighted by Crippen LogP contribution is 2.27. The van der Waals surface area contributed by atoms with Crippen LogP contribution in [-0.4, -0.2) is 37.2 Å². The maximum absolute atomic E-state index is 12.1. The van der Waals surface area contributed by atoms with Gasteiger partial charge in [0.25, 0.3) is 5.91 Å². The van der Waals surface area contributed by atoms with Crippen LogP contribution in [0.5, 0.6) is 11.5 Å². The van der Waals surface area contributed by atoms with Crippen LogP contribution < -0.4 is 20.1 Å². The zero-order chi connectivity index (χ0) is 15.4. The number of para-hydroxylation sites is 2. The Balaban J connectivity index is 0.00000192.